The zero-order valence-corrected chi connectivity index (χ0v) is 10.3. The first kappa shape index (κ1) is 12.1. The van der Waals surface area contributed by atoms with Gasteiger partial charge in [-0.3, -0.25) is 4.79 Å². The second-order valence-corrected chi connectivity index (χ2v) is 4.84. The monoisotopic (exact) mass is 232 g/mol. The summed E-state index contributed by atoms with van der Waals surface area (Å²) in [6.07, 6.45) is 4.45. The van der Waals surface area contributed by atoms with E-state index in [0.717, 1.165) is 30.4 Å². The van der Waals surface area contributed by atoms with Crippen LogP contribution in [0.2, 0.25) is 0 Å². The van der Waals surface area contributed by atoms with Crippen LogP contribution in [-0.2, 0) is 6.54 Å². The van der Waals surface area contributed by atoms with Crippen molar-refractivity contribution < 1.29 is 4.79 Å². The summed E-state index contributed by atoms with van der Waals surface area (Å²) in [7, 11) is 0. The topological polar surface area (TPSA) is 55.1 Å². The largest absolute Gasteiger partial charge is 0.347 e. The van der Waals surface area contributed by atoms with E-state index < -0.39 is 0 Å². The van der Waals surface area contributed by atoms with E-state index in [1.165, 1.54) is 6.42 Å². The number of nitrogens with two attached hydrogens (primary N) is 1. The van der Waals surface area contributed by atoms with Crippen LogP contribution in [0.15, 0.2) is 24.3 Å². The lowest BCUT2D eigenvalue weighted by Gasteiger charge is -2.42. The van der Waals surface area contributed by atoms with Crippen LogP contribution < -0.4 is 11.1 Å². The van der Waals surface area contributed by atoms with Crippen molar-refractivity contribution in [2.24, 2.45) is 5.73 Å². The molecule has 3 heteroatoms. The summed E-state index contributed by atoms with van der Waals surface area (Å²) in [6, 6.07) is 7.52. The Morgan fingerprint density at radius 1 is 1.35 bits per heavy atom. The molecule has 1 aromatic rings. The molecule has 3 N–H and O–H groups in total. The van der Waals surface area contributed by atoms with E-state index in [1.54, 1.807) is 0 Å². The molecule has 3 nitrogen and oxygen atoms in total. The number of nitrogens with one attached hydrogen (secondary N) is 1. The Labute approximate surface area is 102 Å². The molecule has 0 unspecified atom stereocenters. The van der Waals surface area contributed by atoms with Gasteiger partial charge in [-0.25, -0.2) is 0 Å². The lowest BCUT2D eigenvalue weighted by atomic mass is 9.74. The van der Waals surface area contributed by atoms with E-state index in [2.05, 4.69) is 12.2 Å². The van der Waals surface area contributed by atoms with Gasteiger partial charge in [-0.1, -0.05) is 19.1 Å². The molecule has 1 aromatic carbocycles. The standard InChI is InChI=1S/C14H20N2O/c1-2-14(8-3-9-14)16-13(17)12-6-4-11(10-15)5-7-12/h4-7H,2-3,8-10,15H2,1H3,(H,16,17). The van der Waals surface area contributed by atoms with Crippen LogP contribution in [0.25, 0.3) is 0 Å². The number of hydrogen-bond acceptors (Lipinski definition) is 2. The Hall–Kier alpha value is -1.35. The minimum absolute atomic E-state index is 0.0371. The van der Waals surface area contributed by atoms with Crippen molar-refractivity contribution in [3.8, 4) is 0 Å². The Morgan fingerprint density at radius 3 is 2.41 bits per heavy atom. The van der Waals surface area contributed by atoms with Crippen LogP contribution in [0.4, 0.5) is 0 Å². The molecule has 2 rings (SSSR count). The second kappa shape index (κ2) is 4.88. The van der Waals surface area contributed by atoms with Crippen molar-refractivity contribution >= 4 is 5.91 Å². The average molecular weight is 232 g/mol. The number of rotatable bonds is 4. The van der Waals surface area contributed by atoms with E-state index >= 15 is 0 Å². The second-order valence-electron chi connectivity index (χ2n) is 4.84. The normalized spacial score (nSPS) is 17.3. The first-order valence-electron chi connectivity index (χ1n) is 6.31. The lowest BCUT2D eigenvalue weighted by molar-refractivity contribution is 0.0820. The highest BCUT2D eigenvalue weighted by Gasteiger charge is 2.36. The number of carbonyl (C=O) groups is 1. The zero-order chi connectivity index (χ0) is 12.3. The molecule has 0 spiro atoms. The molecule has 0 aliphatic heterocycles. The number of amides is 1. The van der Waals surface area contributed by atoms with Gasteiger partial charge in [0.1, 0.15) is 0 Å². The highest BCUT2D eigenvalue weighted by molar-refractivity contribution is 5.94. The molecule has 1 aliphatic rings. The summed E-state index contributed by atoms with van der Waals surface area (Å²) in [5, 5.41) is 3.16. The SMILES string of the molecule is CCC1(NC(=O)c2ccc(CN)cc2)CCC1. The fraction of sp³-hybridized carbons (Fsp3) is 0.500. The van der Waals surface area contributed by atoms with Crippen LogP contribution in [0.1, 0.15) is 48.5 Å². The highest BCUT2D eigenvalue weighted by Crippen LogP contribution is 2.34. The van der Waals surface area contributed by atoms with Crippen molar-refractivity contribution in [2.75, 3.05) is 0 Å². The fourth-order valence-electron chi connectivity index (χ4n) is 2.28. The van der Waals surface area contributed by atoms with E-state index in [-0.39, 0.29) is 11.4 Å². The minimum atomic E-state index is 0.0371. The Bertz CT molecular complexity index is 388. The van der Waals surface area contributed by atoms with Crippen LogP contribution in [-0.4, -0.2) is 11.4 Å². The van der Waals surface area contributed by atoms with Gasteiger partial charge in [0.15, 0.2) is 0 Å². The molecular weight excluding hydrogens is 212 g/mol. The molecule has 1 aliphatic carbocycles. The predicted octanol–water partition coefficient (Wildman–Crippen LogP) is 2.21. The van der Waals surface area contributed by atoms with Crippen molar-refractivity contribution in [1.82, 2.24) is 5.32 Å². The van der Waals surface area contributed by atoms with Gasteiger partial charge >= 0.3 is 0 Å². The number of hydrogen-bond donors (Lipinski definition) is 2. The summed E-state index contributed by atoms with van der Waals surface area (Å²) in [6.45, 7) is 2.65. The summed E-state index contributed by atoms with van der Waals surface area (Å²) >= 11 is 0. The van der Waals surface area contributed by atoms with Crippen molar-refractivity contribution in [3.05, 3.63) is 35.4 Å². The highest BCUT2D eigenvalue weighted by atomic mass is 16.1. The molecule has 0 saturated heterocycles. The number of benzene rings is 1. The molecule has 17 heavy (non-hydrogen) atoms. The Kier molecular flexibility index (Phi) is 3.48. The molecule has 0 bridgehead atoms. The van der Waals surface area contributed by atoms with E-state index in [4.69, 9.17) is 5.73 Å². The maximum atomic E-state index is 12.1. The van der Waals surface area contributed by atoms with E-state index in [9.17, 15) is 4.79 Å². The summed E-state index contributed by atoms with van der Waals surface area (Å²) in [5.74, 6) is 0.0371. The van der Waals surface area contributed by atoms with Crippen LogP contribution in [0.5, 0.6) is 0 Å². The predicted molar refractivity (Wildman–Crippen MR) is 68.7 cm³/mol. The van der Waals surface area contributed by atoms with Crippen LogP contribution in [0, 0.1) is 0 Å². The maximum absolute atomic E-state index is 12.1. The third kappa shape index (κ3) is 2.50. The van der Waals surface area contributed by atoms with Gasteiger partial charge in [-0.05, 0) is 43.4 Å². The smallest absolute Gasteiger partial charge is 0.251 e. The van der Waals surface area contributed by atoms with Crippen molar-refractivity contribution in [1.29, 1.82) is 0 Å². The van der Waals surface area contributed by atoms with Gasteiger partial charge in [0, 0.05) is 17.6 Å². The van der Waals surface area contributed by atoms with Crippen LogP contribution in [0.3, 0.4) is 0 Å². The lowest BCUT2D eigenvalue weighted by Crippen LogP contribution is -2.52. The van der Waals surface area contributed by atoms with Crippen LogP contribution >= 0.6 is 0 Å². The Balaban J connectivity index is 2.03. The molecule has 1 amide bonds. The van der Waals surface area contributed by atoms with Gasteiger partial charge in [0.05, 0.1) is 0 Å². The summed E-state index contributed by atoms with van der Waals surface area (Å²) in [4.78, 5) is 12.1. The van der Waals surface area contributed by atoms with Gasteiger partial charge in [0.25, 0.3) is 5.91 Å². The van der Waals surface area contributed by atoms with E-state index in [0.29, 0.717) is 6.54 Å². The first-order chi connectivity index (χ1) is 8.19. The Morgan fingerprint density at radius 2 is 2.00 bits per heavy atom. The van der Waals surface area contributed by atoms with Gasteiger partial charge < -0.3 is 11.1 Å². The van der Waals surface area contributed by atoms with Gasteiger partial charge in [-0.15, -0.1) is 0 Å². The van der Waals surface area contributed by atoms with Gasteiger partial charge in [0.2, 0.25) is 0 Å². The van der Waals surface area contributed by atoms with Gasteiger partial charge in [-0.2, -0.15) is 0 Å². The number of carbonyl (C=O) groups excluding carboxylic acids is 1. The average Bonchev–Trinajstić information content (AvgIpc) is 2.33. The third-order valence-electron chi connectivity index (χ3n) is 3.82. The first-order valence-corrected chi connectivity index (χ1v) is 6.31. The molecule has 0 radical (unpaired) electrons. The molecule has 0 aromatic heterocycles. The van der Waals surface area contributed by atoms with Crippen molar-refractivity contribution in [3.63, 3.8) is 0 Å². The molecule has 1 fully saturated rings. The molecule has 0 heterocycles. The molecule has 92 valence electrons. The van der Waals surface area contributed by atoms with Crippen molar-refractivity contribution in [2.45, 2.75) is 44.7 Å². The quantitative estimate of drug-likeness (QED) is 0.836. The summed E-state index contributed by atoms with van der Waals surface area (Å²) < 4.78 is 0. The third-order valence-corrected chi connectivity index (χ3v) is 3.82. The molecule has 1 saturated carbocycles. The molecule has 0 atom stereocenters. The zero-order valence-electron chi connectivity index (χ0n) is 10.3. The maximum Gasteiger partial charge on any atom is 0.251 e. The fourth-order valence-corrected chi connectivity index (χ4v) is 2.28. The minimum Gasteiger partial charge on any atom is -0.347 e. The summed E-state index contributed by atoms with van der Waals surface area (Å²) in [5.41, 5.74) is 7.36. The molecular formula is C14H20N2O. The van der Waals surface area contributed by atoms with E-state index in [1.807, 2.05) is 24.3 Å².